The van der Waals surface area contributed by atoms with Gasteiger partial charge >= 0.3 is 5.51 Å². The van der Waals surface area contributed by atoms with E-state index in [4.69, 9.17) is 4.74 Å². The summed E-state index contributed by atoms with van der Waals surface area (Å²) in [5.41, 5.74) is -3.18. The van der Waals surface area contributed by atoms with E-state index < -0.39 is 27.0 Å². The lowest BCUT2D eigenvalue weighted by Crippen LogP contribution is -2.12. The first-order valence-electron chi connectivity index (χ1n) is 9.33. The summed E-state index contributed by atoms with van der Waals surface area (Å²) in [6.45, 7) is 0.129. The lowest BCUT2D eigenvalue weighted by molar-refractivity contribution is -0.0328. The fourth-order valence-corrected chi connectivity index (χ4v) is 4.08. The zero-order chi connectivity index (χ0) is 24.2. The van der Waals surface area contributed by atoms with Gasteiger partial charge in [0.25, 0.3) is 5.91 Å². The van der Waals surface area contributed by atoms with Crippen LogP contribution in [0.5, 0.6) is 11.5 Å². The summed E-state index contributed by atoms with van der Waals surface area (Å²) in [6, 6.07) is 15.6. The molecule has 0 aliphatic heterocycles. The summed E-state index contributed by atoms with van der Waals surface area (Å²) in [6.07, 6.45) is 0.947. The molecule has 0 aliphatic carbocycles. The number of carbonyl (C=O) groups excluding carboxylic acids is 1. The average molecular weight is 498 g/mol. The Morgan fingerprint density at radius 2 is 1.67 bits per heavy atom. The first-order chi connectivity index (χ1) is 15.4. The Hall–Kier alpha value is -3.18. The molecule has 6 nitrogen and oxygen atoms in total. The number of alkyl halides is 3. The number of carbonyl (C=O) groups is 1. The van der Waals surface area contributed by atoms with Crippen LogP contribution in [-0.2, 0) is 16.4 Å². The van der Waals surface area contributed by atoms with E-state index in [1.54, 1.807) is 12.1 Å². The monoisotopic (exact) mass is 497 g/mol. The van der Waals surface area contributed by atoms with E-state index in [0.717, 1.165) is 6.26 Å². The van der Waals surface area contributed by atoms with E-state index in [2.05, 4.69) is 5.32 Å². The Morgan fingerprint density at radius 3 is 2.24 bits per heavy atom. The van der Waals surface area contributed by atoms with Crippen molar-refractivity contribution in [3.63, 3.8) is 0 Å². The van der Waals surface area contributed by atoms with Gasteiger partial charge in [-0.1, -0.05) is 12.1 Å². The number of aromatic hydroxyl groups is 1. The molecule has 0 unspecified atom stereocenters. The second-order valence-corrected chi connectivity index (χ2v) is 10.0. The molecular formula is C22H18F3NO5S2. The molecule has 3 aromatic rings. The van der Waals surface area contributed by atoms with Crippen molar-refractivity contribution in [1.29, 1.82) is 0 Å². The van der Waals surface area contributed by atoms with E-state index in [9.17, 15) is 31.5 Å². The highest BCUT2D eigenvalue weighted by Gasteiger charge is 2.29. The van der Waals surface area contributed by atoms with Gasteiger partial charge in [-0.05, 0) is 71.9 Å². The first-order valence-corrected chi connectivity index (χ1v) is 12.0. The number of ether oxygens (including phenoxy) is 1. The van der Waals surface area contributed by atoms with E-state index in [1.807, 2.05) is 0 Å². The second-order valence-electron chi connectivity index (χ2n) is 6.91. The predicted octanol–water partition coefficient (Wildman–Crippen LogP) is 5.24. The van der Waals surface area contributed by atoms with Crippen LogP contribution in [0.4, 0.5) is 18.9 Å². The summed E-state index contributed by atoms with van der Waals surface area (Å²) in [7, 11) is -3.67. The summed E-state index contributed by atoms with van der Waals surface area (Å²) in [5.74, 6) is -0.459. The molecule has 11 heteroatoms. The minimum atomic E-state index is -4.34. The number of hydrogen-bond donors (Lipinski definition) is 2. The highest BCUT2D eigenvalue weighted by atomic mass is 32.2. The molecule has 0 radical (unpaired) electrons. The number of rotatable bonds is 7. The van der Waals surface area contributed by atoms with Crippen molar-refractivity contribution < 1.29 is 36.2 Å². The topological polar surface area (TPSA) is 92.7 Å². The Bertz CT molecular complexity index is 1240. The molecule has 1 amide bonds. The lowest BCUT2D eigenvalue weighted by atomic mass is 10.2. The van der Waals surface area contributed by atoms with Gasteiger partial charge in [0.2, 0.25) is 0 Å². The van der Waals surface area contributed by atoms with Gasteiger partial charge in [-0.25, -0.2) is 8.42 Å². The van der Waals surface area contributed by atoms with Crippen LogP contribution in [-0.4, -0.2) is 31.2 Å². The Kier molecular flexibility index (Phi) is 7.23. The predicted molar refractivity (Wildman–Crippen MR) is 118 cm³/mol. The molecule has 3 rings (SSSR count). The van der Waals surface area contributed by atoms with Gasteiger partial charge < -0.3 is 15.2 Å². The van der Waals surface area contributed by atoms with Crippen molar-refractivity contribution in [2.75, 3.05) is 11.6 Å². The minimum absolute atomic E-state index is 0.0823. The number of phenolic OH excluding ortho intramolecular Hbond substituents is 1. The van der Waals surface area contributed by atoms with Crippen LogP contribution in [0, 0.1) is 0 Å². The van der Waals surface area contributed by atoms with Crippen molar-refractivity contribution in [2.45, 2.75) is 21.9 Å². The highest BCUT2D eigenvalue weighted by molar-refractivity contribution is 8.00. The van der Waals surface area contributed by atoms with Crippen LogP contribution in [0.15, 0.2) is 76.5 Å². The van der Waals surface area contributed by atoms with Crippen LogP contribution < -0.4 is 10.1 Å². The normalized spacial score (nSPS) is 11.8. The van der Waals surface area contributed by atoms with Gasteiger partial charge in [0.05, 0.1) is 0 Å². The van der Waals surface area contributed by atoms with Gasteiger partial charge in [-0.3, -0.25) is 4.79 Å². The van der Waals surface area contributed by atoms with E-state index in [-0.39, 0.29) is 39.4 Å². The summed E-state index contributed by atoms with van der Waals surface area (Å²) in [4.78, 5) is 12.2. The third-order valence-corrected chi connectivity index (χ3v) is 6.16. The largest absolute Gasteiger partial charge is 0.507 e. The number of benzene rings is 3. The van der Waals surface area contributed by atoms with Gasteiger partial charge in [-0.15, -0.1) is 0 Å². The van der Waals surface area contributed by atoms with Gasteiger partial charge in [-0.2, -0.15) is 13.2 Å². The molecule has 33 heavy (non-hydrogen) atoms. The summed E-state index contributed by atoms with van der Waals surface area (Å²) in [5, 5.41) is 12.3. The molecule has 0 saturated carbocycles. The van der Waals surface area contributed by atoms with Crippen molar-refractivity contribution in [1.82, 2.24) is 0 Å². The van der Waals surface area contributed by atoms with Crippen LogP contribution in [0.3, 0.4) is 0 Å². The fraction of sp³-hybridized carbons (Fsp3) is 0.136. The highest BCUT2D eigenvalue weighted by Crippen LogP contribution is 2.36. The Labute approximate surface area is 192 Å². The fourth-order valence-electron chi connectivity index (χ4n) is 2.75. The van der Waals surface area contributed by atoms with Crippen molar-refractivity contribution in [3.8, 4) is 11.5 Å². The standard InChI is InChI=1S/C22H18F3NO5S2/c1-33(29,30)20-12-16(6-11-19(20)27)26-21(28)15-4-7-17(8-5-15)31-13-14-2-9-18(10-3-14)32-22(23,24)25/h2-12,27H,13H2,1H3,(H,26,28). The van der Waals surface area contributed by atoms with Crippen LogP contribution in [0.2, 0.25) is 0 Å². The van der Waals surface area contributed by atoms with E-state index in [1.165, 1.54) is 54.6 Å². The minimum Gasteiger partial charge on any atom is -0.507 e. The number of phenols is 1. The number of halogens is 3. The maximum atomic E-state index is 12.4. The zero-order valence-electron chi connectivity index (χ0n) is 17.1. The smallest absolute Gasteiger partial charge is 0.446 e. The van der Waals surface area contributed by atoms with Crippen LogP contribution in [0.25, 0.3) is 0 Å². The molecule has 0 fully saturated rings. The van der Waals surface area contributed by atoms with Gasteiger partial charge in [0.1, 0.15) is 23.0 Å². The zero-order valence-corrected chi connectivity index (χ0v) is 18.7. The molecule has 0 heterocycles. The SMILES string of the molecule is CS(=O)(=O)c1cc(NC(=O)c2ccc(OCc3ccc(SC(F)(F)F)cc3)cc2)ccc1O. The molecular weight excluding hydrogens is 479 g/mol. The van der Waals surface area contributed by atoms with Crippen molar-refractivity contribution in [3.05, 3.63) is 77.9 Å². The number of anilines is 1. The number of nitrogens with one attached hydrogen (secondary N) is 1. The Balaban J connectivity index is 1.59. The summed E-state index contributed by atoms with van der Waals surface area (Å²) < 4.78 is 66.1. The number of sulfone groups is 1. The maximum Gasteiger partial charge on any atom is 0.446 e. The van der Waals surface area contributed by atoms with E-state index >= 15 is 0 Å². The maximum absolute atomic E-state index is 12.4. The molecule has 174 valence electrons. The molecule has 2 N–H and O–H groups in total. The van der Waals surface area contributed by atoms with Gasteiger partial charge in [0.15, 0.2) is 9.84 Å². The van der Waals surface area contributed by atoms with Gasteiger partial charge in [0, 0.05) is 22.4 Å². The van der Waals surface area contributed by atoms with Crippen LogP contribution in [0.1, 0.15) is 15.9 Å². The summed E-state index contributed by atoms with van der Waals surface area (Å²) >= 11 is -0.190. The molecule has 0 spiro atoms. The third-order valence-electron chi connectivity index (χ3n) is 4.30. The number of amides is 1. The average Bonchev–Trinajstić information content (AvgIpc) is 2.73. The lowest BCUT2D eigenvalue weighted by Gasteiger charge is -2.10. The quantitative estimate of drug-likeness (QED) is 0.343. The molecule has 0 saturated heterocycles. The first kappa shape index (κ1) is 24.5. The number of hydrogen-bond acceptors (Lipinski definition) is 6. The number of thioether (sulfide) groups is 1. The van der Waals surface area contributed by atoms with Crippen LogP contribution >= 0.6 is 11.8 Å². The van der Waals surface area contributed by atoms with Crippen molar-refractivity contribution >= 4 is 33.2 Å². The molecule has 3 aromatic carbocycles. The second kappa shape index (κ2) is 9.75. The molecule has 0 atom stereocenters. The Morgan fingerprint density at radius 1 is 1.03 bits per heavy atom. The molecule has 0 bridgehead atoms. The third kappa shape index (κ3) is 7.16. The molecule has 0 aliphatic rings. The molecule has 0 aromatic heterocycles. The van der Waals surface area contributed by atoms with Crippen molar-refractivity contribution in [2.24, 2.45) is 0 Å². The van der Waals surface area contributed by atoms with E-state index in [0.29, 0.717) is 11.3 Å².